The summed E-state index contributed by atoms with van der Waals surface area (Å²) in [5.74, 6) is 0.535. The summed E-state index contributed by atoms with van der Waals surface area (Å²) in [6, 6.07) is 6.78. The van der Waals surface area contributed by atoms with Crippen molar-refractivity contribution in [3.8, 4) is 0 Å². The highest BCUT2D eigenvalue weighted by Crippen LogP contribution is 2.21. The second-order valence-electron chi connectivity index (χ2n) is 5.38. The summed E-state index contributed by atoms with van der Waals surface area (Å²) in [7, 11) is -3.54. The number of rotatable bonds is 6. The molecule has 2 aromatic rings. The minimum absolute atomic E-state index is 0.269. The SMILES string of the molecule is Cc1ccc(S(=O)(=O)NC(C)(C)CSc2ncn[nH]2)cc1. The fraction of sp³-hybridized carbons (Fsp3) is 0.385. The van der Waals surface area contributed by atoms with Crippen molar-refractivity contribution in [1.29, 1.82) is 0 Å². The second-order valence-corrected chi connectivity index (χ2v) is 8.03. The van der Waals surface area contributed by atoms with Crippen molar-refractivity contribution >= 4 is 21.8 Å². The lowest BCUT2D eigenvalue weighted by atomic mass is 10.1. The standard InChI is InChI=1S/C13H18N4O2S2/c1-10-4-6-11(7-5-10)21(18,19)17-13(2,3)8-20-12-14-9-15-16-12/h4-7,9,17H,8H2,1-3H3,(H,14,15,16). The number of benzene rings is 1. The molecule has 1 aromatic carbocycles. The predicted octanol–water partition coefficient (Wildman–Crippen LogP) is 1.96. The number of nitrogens with zero attached hydrogens (tertiary/aromatic N) is 2. The Balaban J connectivity index is 2.05. The van der Waals surface area contributed by atoms with E-state index in [1.807, 2.05) is 20.8 Å². The van der Waals surface area contributed by atoms with E-state index in [-0.39, 0.29) is 4.90 Å². The van der Waals surface area contributed by atoms with Gasteiger partial charge in [-0.15, -0.1) is 0 Å². The van der Waals surface area contributed by atoms with Crippen LogP contribution in [-0.4, -0.2) is 34.9 Å². The Labute approximate surface area is 128 Å². The zero-order chi connectivity index (χ0) is 15.5. The van der Waals surface area contributed by atoms with E-state index in [4.69, 9.17) is 0 Å². The van der Waals surface area contributed by atoms with Gasteiger partial charge in [0.1, 0.15) is 6.33 Å². The van der Waals surface area contributed by atoms with Crippen LogP contribution < -0.4 is 4.72 Å². The molecule has 0 bridgehead atoms. The van der Waals surface area contributed by atoms with Gasteiger partial charge < -0.3 is 0 Å². The van der Waals surface area contributed by atoms with E-state index < -0.39 is 15.6 Å². The minimum atomic E-state index is -3.54. The second kappa shape index (κ2) is 6.17. The van der Waals surface area contributed by atoms with Crippen molar-refractivity contribution in [2.45, 2.75) is 36.4 Å². The maximum atomic E-state index is 12.4. The first-order chi connectivity index (χ1) is 9.78. The predicted molar refractivity (Wildman–Crippen MR) is 82.7 cm³/mol. The average Bonchev–Trinajstić information content (AvgIpc) is 2.89. The van der Waals surface area contributed by atoms with Crippen molar-refractivity contribution in [2.24, 2.45) is 0 Å². The van der Waals surface area contributed by atoms with Gasteiger partial charge in [-0.25, -0.2) is 18.1 Å². The number of nitrogens with one attached hydrogen (secondary N) is 2. The van der Waals surface area contributed by atoms with Crippen molar-refractivity contribution in [3.63, 3.8) is 0 Å². The van der Waals surface area contributed by atoms with Gasteiger partial charge in [-0.3, -0.25) is 5.10 Å². The maximum absolute atomic E-state index is 12.4. The van der Waals surface area contributed by atoms with Crippen LogP contribution in [-0.2, 0) is 10.0 Å². The lowest BCUT2D eigenvalue weighted by Gasteiger charge is -2.25. The fourth-order valence-corrected chi connectivity index (χ4v) is 3.99. The highest BCUT2D eigenvalue weighted by atomic mass is 32.2. The third-order valence-electron chi connectivity index (χ3n) is 2.70. The molecule has 0 atom stereocenters. The van der Waals surface area contributed by atoms with Crippen LogP contribution in [0.2, 0.25) is 0 Å². The van der Waals surface area contributed by atoms with Gasteiger partial charge in [-0.1, -0.05) is 29.5 Å². The molecule has 6 nitrogen and oxygen atoms in total. The zero-order valence-corrected chi connectivity index (χ0v) is 13.8. The number of aromatic amines is 1. The zero-order valence-electron chi connectivity index (χ0n) is 12.1. The summed E-state index contributed by atoms with van der Waals surface area (Å²) in [5.41, 5.74) is 0.412. The Kier molecular flexibility index (Phi) is 4.70. The van der Waals surface area contributed by atoms with Gasteiger partial charge in [-0.2, -0.15) is 5.10 Å². The molecule has 8 heteroatoms. The Morgan fingerprint density at radius 1 is 1.29 bits per heavy atom. The molecule has 2 rings (SSSR count). The van der Waals surface area contributed by atoms with Crippen LogP contribution in [0.1, 0.15) is 19.4 Å². The third-order valence-corrected chi connectivity index (χ3v) is 5.75. The molecule has 114 valence electrons. The molecule has 1 heterocycles. The molecule has 0 aliphatic rings. The fourth-order valence-electron chi connectivity index (χ4n) is 1.68. The van der Waals surface area contributed by atoms with Crippen molar-refractivity contribution in [2.75, 3.05) is 5.75 Å². The van der Waals surface area contributed by atoms with E-state index in [9.17, 15) is 8.42 Å². The summed E-state index contributed by atoms with van der Waals surface area (Å²) in [6.07, 6.45) is 1.42. The van der Waals surface area contributed by atoms with Crippen LogP contribution in [0.3, 0.4) is 0 Å². The quantitative estimate of drug-likeness (QED) is 0.792. The molecule has 0 fully saturated rings. The van der Waals surface area contributed by atoms with Gasteiger partial charge in [0.15, 0.2) is 5.16 Å². The summed E-state index contributed by atoms with van der Waals surface area (Å²) in [5, 5.41) is 7.16. The third kappa shape index (κ3) is 4.55. The van der Waals surface area contributed by atoms with Crippen LogP contribution in [0.4, 0.5) is 0 Å². The van der Waals surface area contributed by atoms with Crippen molar-refractivity contribution in [1.82, 2.24) is 19.9 Å². The summed E-state index contributed by atoms with van der Waals surface area (Å²) in [6.45, 7) is 5.59. The first-order valence-corrected chi connectivity index (χ1v) is 8.84. The Morgan fingerprint density at radius 2 is 1.95 bits per heavy atom. The first kappa shape index (κ1) is 16.0. The van der Waals surface area contributed by atoms with Crippen LogP contribution >= 0.6 is 11.8 Å². The Hall–Kier alpha value is -1.38. The molecular formula is C13H18N4O2S2. The van der Waals surface area contributed by atoms with Crippen LogP contribution in [0.15, 0.2) is 40.6 Å². The van der Waals surface area contributed by atoms with Crippen LogP contribution in [0.25, 0.3) is 0 Å². The van der Waals surface area contributed by atoms with E-state index in [0.717, 1.165) is 5.56 Å². The van der Waals surface area contributed by atoms with E-state index in [0.29, 0.717) is 10.9 Å². The smallest absolute Gasteiger partial charge is 0.241 e. The molecule has 0 aliphatic heterocycles. The number of aromatic nitrogens is 3. The van der Waals surface area contributed by atoms with E-state index in [1.54, 1.807) is 24.3 Å². The lowest BCUT2D eigenvalue weighted by molar-refractivity contribution is 0.498. The van der Waals surface area contributed by atoms with Gasteiger partial charge in [0.2, 0.25) is 10.0 Å². The molecular weight excluding hydrogens is 308 g/mol. The van der Waals surface area contributed by atoms with E-state index in [2.05, 4.69) is 19.9 Å². The molecule has 0 radical (unpaired) electrons. The highest BCUT2D eigenvalue weighted by molar-refractivity contribution is 7.99. The van der Waals surface area contributed by atoms with Gasteiger partial charge in [0.05, 0.1) is 4.90 Å². The number of hydrogen-bond acceptors (Lipinski definition) is 5. The average molecular weight is 326 g/mol. The summed E-state index contributed by atoms with van der Waals surface area (Å²) < 4.78 is 27.4. The Morgan fingerprint density at radius 3 is 2.52 bits per heavy atom. The summed E-state index contributed by atoms with van der Waals surface area (Å²) >= 11 is 1.42. The van der Waals surface area contributed by atoms with E-state index in [1.165, 1.54) is 18.1 Å². The van der Waals surface area contributed by atoms with Crippen LogP contribution in [0, 0.1) is 6.92 Å². The topological polar surface area (TPSA) is 87.7 Å². The van der Waals surface area contributed by atoms with Gasteiger partial charge in [0.25, 0.3) is 0 Å². The van der Waals surface area contributed by atoms with Gasteiger partial charge in [-0.05, 0) is 32.9 Å². The lowest BCUT2D eigenvalue weighted by Crippen LogP contribution is -2.45. The highest BCUT2D eigenvalue weighted by Gasteiger charge is 2.26. The number of sulfonamides is 1. The number of aryl methyl sites for hydroxylation is 1. The molecule has 0 unspecified atom stereocenters. The molecule has 1 aromatic heterocycles. The number of H-pyrrole nitrogens is 1. The maximum Gasteiger partial charge on any atom is 0.241 e. The summed E-state index contributed by atoms with van der Waals surface area (Å²) in [4.78, 5) is 4.27. The largest absolute Gasteiger partial charge is 0.254 e. The monoisotopic (exact) mass is 326 g/mol. The molecule has 0 saturated heterocycles. The first-order valence-electron chi connectivity index (χ1n) is 6.37. The molecule has 0 spiro atoms. The van der Waals surface area contributed by atoms with Gasteiger partial charge >= 0.3 is 0 Å². The van der Waals surface area contributed by atoms with Gasteiger partial charge in [0, 0.05) is 11.3 Å². The Bertz CT molecular complexity index is 679. The molecule has 0 saturated carbocycles. The molecule has 0 aliphatic carbocycles. The number of thioether (sulfide) groups is 1. The minimum Gasteiger partial charge on any atom is -0.254 e. The molecule has 2 N–H and O–H groups in total. The van der Waals surface area contributed by atoms with Crippen molar-refractivity contribution in [3.05, 3.63) is 36.2 Å². The number of hydrogen-bond donors (Lipinski definition) is 2. The van der Waals surface area contributed by atoms with Crippen molar-refractivity contribution < 1.29 is 8.42 Å². The molecule has 0 amide bonds. The molecule has 21 heavy (non-hydrogen) atoms. The normalized spacial score (nSPS) is 12.5. The van der Waals surface area contributed by atoms with E-state index >= 15 is 0 Å². The van der Waals surface area contributed by atoms with Crippen LogP contribution in [0.5, 0.6) is 0 Å².